The zero-order valence-electron chi connectivity index (χ0n) is 18.3. The van der Waals surface area contributed by atoms with Gasteiger partial charge in [0.25, 0.3) is 0 Å². The number of Topliss-reactive ketones (excluding diaryl/α,β-unsaturated/α-hetero) is 1. The fourth-order valence-corrected chi connectivity index (χ4v) is 7.64. The van der Waals surface area contributed by atoms with Gasteiger partial charge in [0.15, 0.2) is 17.3 Å². The molecule has 4 aliphatic rings. The molecule has 4 atom stereocenters. The number of thioether (sulfide) groups is 1. The van der Waals surface area contributed by atoms with Crippen molar-refractivity contribution in [3.05, 3.63) is 89.5 Å². The third kappa shape index (κ3) is 2.56. The van der Waals surface area contributed by atoms with E-state index in [9.17, 15) is 9.59 Å². The third-order valence-corrected chi connectivity index (χ3v) is 8.69. The predicted octanol–water partition coefficient (Wildman–Crippen LogP) is 4.23. The Hall–Kier alpha value is -3.29. The normalized spacial score (nSPS) is 28.7. The zero-order valence-corrected chi connectivity index (χ0v) is 19.1. The minimum atomic E-state index is -1.06. The molecule has 0 radical (unpaired) electrons. The van der Waals surface area contributed by atoms with Gasteiger partial charge in [-0.05, 0) is 29.8 Å². The van der Waals surface area contributed by atoms with Gasteiger partial charge in [0.1, 0.15) is 5.54 Å². The predicted molar refractivity (Wildman–Crippen MR) is 129 cm³/mol. The van der Waals surface area contributed by atoms with Crippen molar-refractivity contribution in [2.45, 2.75) is 17.5 Å². The van der Waals surface area contributed by atoms with Crippen LogP contribution in [0.1, 0.15) is 27.4 Å². The lowest BCUT2D eigenvalue weighted by Gasteiger charge is -2.36. The molecular formula is C27H22N2O4S. The van der Waals surface area contributed by atoms with Crippen LogP contribution in [0.25, 0.3) is 0 Å². The van der Waals surface area contributed by atoms with E-state index < -0.39 is 11.5 Å². The summed E-state index contributed by atoms with van der Waals surface area (Å²) >= 11 is 1.83. The molecule has 3 aromatic rings. The molecule has 0 bridgehead atoms. The topological polar surface area (TPSA) is 67.9 Å². The van der Waals surface area contributed by atoms with E-state index in [2.05, 4.69) is 22.3 Å². The fourth-order valence-electron chi connectivity index (χ4n) is 6.31. The molecule has 0 saturated carbocycles. The van der Waals surface area contributed by atoms with Crippen molar-refractivity contribution in [1.82, 2.24) is 4.90 Å². The maximum Gasteiger partial charge on any atom is 0.250 e. The SMILES string of the molecule is O=C(c1ccc2c(c1)OCO2)[C@H]1[C@H](c2ccccc2)[C@H]2CSCN2[C@@]12C(=O)Nc1ccccc12. The van der Waals surface area contributed by atoms with Crippen LogP contribution in [0.4, 0.5) is 5.69 Å². The summed E-state index contributed by atoms with van der Waals surface area (Å²) in [5, 5.41) is 3.11. The highest BCUT2D eigenvalue weighted by atomic mass is 32.2. The van der Waals surface area contributed by atoms with E-state index >= 15 is 0 Å². The number of hydrogen-bond acceptors (Lipinski definition) is 6. The molecule has 0 aromatic heterocycles. The number of nitrogens with zero attached hydrogens (tertiary/aromatic N) is 1. The van der Waals surface area contributed by atoms with Crippen LogP contribution < -0.4 is 14.8 Å². The first-order chi connectivity index (χ1) is 16.7. The number of anilines is 1. The Morgan fingerprint density at radius 3 is 2.68 bits per heavy atom. The highest BCUT2D eigenvalue weighted by Gasteiger charge is 2.69. The number of rotatable bonds is 3. The number of ketones is 1. The monoisotopic (exact) mass is 470 g/mol. The van der Waals surface area contributed by atoms with Crippen LogP contribution in [0.2, 0.25) is 0 Å². The third-order valence-electron chi connectivity index (χ3n) is 7.65. The van der Waals surface area contributed by atoms with Gasteiger partial charge in [-0.15, -0.1) is 11.8 Å². The first-order valence-corrected chi connectivity index (χ1v) is 12.6. The minimum absolute atomic E-state index is 0.0431. The van der Waals surface area contributed by atoms with Crippen LogP contribution in [-0.2, 0) is 10.3 Å². The molecule has 1 N–H and O–H groups in total. The molecule has 0 aliphatic carbocycles. The van der Waals surface area contributed by atoms with Crippen molar-refractivity contribution >= 4 is 29.1 Å². The molecule has 7 rings (SSSR count). The van der Waals surface area contributed by atoms with E-state index in [0.29, 0.717) is 22.9 Å². The number of carbonyl (C=O) groups excluding carboxylic acids is 2. The number of carbonyl (C=O) groups is 2. The Morgan fingerprint density at radius 2 is 1.79 bits per heavy atom. The Labute approximate surface area is 201 Å². The van der Waals surface area contributed by atoms with Gasteiger partial charge in [0, 0.05) is 40.4 Å². The van der Waals surface area contributed by atoms with Crippen molar-refractivity contribution in [2.75, 3.05) is 23.7 Å². The minimum Gasteiger partial charge on any atom is -0.454 e. The van der Waals surface area contributed by atoms with E-state index in [1.807, 2.05) is 54.2 Å². The molecule has 4 aliphatic heterocycles. The summed E-state index contributed by atoms with van der Waals surface area (Å²) in [6, 6.07) is 23.4. The maximum absolute atomic E-state index is 14.5. The van der Waals surface area contributed by atoms with Gasteiger partial charge in [-0.25, -0.2) is 0 Å². The molecule has 7 heteroatoms. The van der Waals surface area contributed by atoms with E-state index in [1.165, 1.54) is 0 Å². The Morgan fingerprint density at radius 1 is 1.00 bits per heavy atom. The van der Waals surface area contributed by atoms with Gasteiger partial charge in [0.05, 0.1) is 5.92 Å². The molecule has 4 heterocycles. The largest absolute Gasteiger partial charge is 0.454 e. The lowest BCUT2D eigenvalue weighted by molar-refractivity contribution is -0.127. The average Bonchev–Trinajstić information content (AvgIpc) is 3.63. The number of benzene rings is 3. The quantitative estimate of drug-likeness (QED) is 0.578. The van der Waals surface area contributed by atoms with Gasteiger partial charge in [-0.1, -0.05) is 48.5 Å². The lowest BCUT2D eigenvalue weighted by Crippen LogP contribution is -2.52. The summed E-state index contributed by atoms with van der Waals surface area (Å²) in [5.74, 6) is 1.94. The molecule has 6 nitrogen and oxygen atoms in total. The summed E-state index contributed by atoms with van der Waals surface area (Å²) in [5.41, 5.74) is 2.26. The second-order valence-electron chi connectivity index (χ2n) is 9.15. The summed E-state index contributed by atoms with van der Waals surface area (Å²) in [6.45, 7) is 0.149. The standard InChI is InChI=1S/C27H22N2O4S/c30-25(17-10-11-21-22(12-17)33-15-32-21)24-23(16-6-2-1-3-7-16)20-13-34-14-29(20)27(24)18-8-4-5-9-19(18)28-26(27)31/h1-12,20,23-24H,13-15H2,(H,28,31)/t20-,23-,24-,27-/m1/s1. The molecule has 170 valence electrons. The van der Waals surface area contributed by atoms with Crippen LogP contribution in [0, 0.1) is 5.92 Å². The van der Waals surface area contributed by atoms with Gasteiger partial charge < -0.3 is 14.8 Å². The van der Waals surface area contributed by atoms with E-state index in [1.54, 1.807) is 18.2 Å². The number of ether oxygens (including phenoxy) is 2. The van der Waals surface area contributed by atoms with Gasteiger partial charge >= 0.3 is 0 Å². The summed E-state index contributed by atoms with van der Waals surface area (Å²) in [7, 11) is 0. The Balaban J connectivity index is 1.46. The summed E-state index contributed by atoms with van der Waals surface area (Å²) in [4.78, 5) is 30.7. The van der Waals surface area contributed by atoms with Gasteiger partial charge in [0.2, 0.25) is 12.7 Å². The first-order valence-electron chi connectivity index (χ1n) is 11.4. The number of nitrogens with one attached hydrogen (secondary N) is 1. The van der Waals surface area contributed by atoms with Crippen molar-refractivity contribution in [2.24, 2.45) is 5.92 Å². The lowest BCUT2D eigenvalue weighted by atomic mass is 9.69. The molecule has 1 amide bonds. The van der Waals surface area contributed by atoms with Crippen LogP contribution in [0.3, 0.4) is 0 Å². The van der Waals surface area contributed by atoms with E-state index in [-0.39, 0.29) is 30.4 Å². The van der Waals surface area contributed by atoms with Crippen LogP contribution in [-0.4, -0.2) is 41.1 Å². The number of amides is 1. The first kappa shape index (κ1) is 20.1. The summed E-state index contributed by atoms with van der Waals surface area (Å²) < 4.78 is 11.0. The summed E-state index contributed by atoms with van der Waals surface area (Å²) in [6.07, 6.45) is 0. The van der Waals surface area contributed by atoms with Crippen LogP contribution in [0.5, 0.6) is 11.5 Å². The second-order valence-corrected chi connectivity index (χ2v) is 10.1. The average molecular weight is 471 g/mol. The zero-order chi connectivity index (χ0) is 22.9. The van der Waals surface area contributed by atoms with Crippen molar-refractivity contribution in [3.63, 3.8) is 0 Å². The number of para-hydroxylation sites is 1. The van der Waals surface area contributed by atoms with E-state index in [4.69, 9.17) is 9.47 Å². The molecular weight excluding hydrogens is 448 g/mol. The molecule has 2 saturated heterocycles. The highest BCUT2D eigenvalue weighted by Crippen LogP contribution is 2.61. The second kappa shape index (κ2) is 7.35. The van der Waals surface area contributed by atoms with Crippen LogP contribution >= 0.6 is 11.8 Å². The van der Waals surface area contributed by atoms with Crippen molar-refractivity contribution in [1.29, 1.82) is 0 Å². The van der Waals surface area contributed by atoms with E-state index in [0.717, 1.165) is 22.6 Å². The van der Waals surface area contributed by atoms with Crippen LogP contribution in [0.15, 0.2) is 72.8 Å². The smallest absolute Gasteiger partial charge is 0.250 e. The van der Waals surface area contributed by atoms with Gasteiger partial charge in [-0.3, -0.25) is 14.5 Å². The maximum atomic E-state index is 14.5. The highest BCUT2D eigenvalue weighted by molar-refractivity contribution is 7.99. The molecule has 0 unspecified atom stereocenters. The molecule has 1 spiro atoms. The molecule has 3 aromatic carbocycles. The number of fused-ring (bicyclic) bond motifs is 5. The van der Waals surface area contributed by atoms with Crippen molar-refractivity contribution < 1.29 is 19.1 Å². The van der Waals surface area contributed by atoms with Gasteiger partial charge in [-0.2, -0.15) is 0 Å². The Bertz CT molecular complexity index is 1330. The Kier molecular flexibility index (Phi) is 4.35. The molecule has 34 heavy (non-hydrogen) atoms. The number of hydrogen-bond donors (Lipinski definition) is 1. The fraction of sp³-hybridized carbons (Fsp3) is 0.259. The molecule has 2 fully saturated rings. The van der Waals surface area contributed by atoms with Crippen molar-refractivity contribution in [3.8, 4) is 11.5 Å².